The van der Waals surface area contributed by atoms with Crippen molar-refractivity contribution >= 4 is 6.72 Å². The van der Waals surface area contributed by atoms with E-state index in [9.17, 15) is 0 Å². The maximum absolute atomic E-state index is 5.54. The molecule has 0 aromatic carbocycles. The normalized spacial score (nSPS) is 12.9. The molecule has 0 aliphatic heterocycles. The number of nitrogens with zero attached hydrogens (tertiary/aromatic N) is 1. The van der Waals surface area contributed by atoms with Gasteiger partial charge < -0.3 is 5.73 Å². The molecule has 0 aliphatic rings. The molecule has 0 bridgehead atoms. The van der Waals surface area contributed by atoms with Gasteiger partial charge in [0.2, 0.25) is 0 Å². The monoisotopic (exact) mass is 136 g/mol. The molecule has 0 aromatic rings. The standard InChI is InChI=1S/C8H12N2/c1-4-6-7(9)8(5-2)10-3/h4-6H,1,3,9H2,2H3/b7-6+,8-5+. The minimum Gasteiger partial charge on any atom is -0.397 e. The fourth-order valence-corrected chi connectivity index (χ4v) is 0.562. The molecule has 0 aliphatic carbocycles. The summed E-state index contributed by atoms with van der Waals surface area (Å²) in [5.41, 5.74) is 6.82. The number of rotatable bonds is 3. The molecule has 0 aromatic heterocycles. The summed E-state index contributed by atoms with van der Waals surface area (Å²) in [7, 11) is 0. The smallest absolute Gasteiger partial charge is 0.0809 e. The third-order valence-corrected chi connectivity index (χ3v) is 1.04. The quantitative estimate of drug-likeness (QED) is 0.464. The van der Waals surface area contributed by atoms with E-state index < -0.39 is 0 Å². The molecule has 2 N–H and O–H groups in total. The molecule has 0 heterocycles. The van der Waals surface area contributed by atoms with Gasteiger partial charge in [-0.15, -0.1) is 0 Å². The Morgan fingerprint density at radius 3 is 2.50 bits per heavy atom. The van der Waals surface area contributed by atoms with Gasteiger partial charge in [-0.05, 0) is 19.7 Å². The van der Waals surface area contributed by atoms with Crippen molar-refractivity contribution in [2.75, 3.05) is 0 Å². The lowest BCUT2D eigenvalue weighted by molar-refractivity contribution is 1.24. The zero-order chi connectivity index (χ0) is 7.98. The van der Waals surface area contributed by atoms with Crippen LogP contribution < -0.4 is 5.73 Å². The second-order valence-corrected chi connectivity index (χ2v) is 1.69. The van der Waals surface area contributed by atoms with E-state index in [0.717, 1.165) is 0 Å². The average Bonchev–Trinajstić information content (AvgIpc) is 1.91. The molecule has 0 fully saturated rings. The molecule has 0 unspecified atom stereocenters. The minimum absolute atomic E-state index is 0.590. The van der Waals surface area contributed by atoms with Gasteiger partial charge in [-0.2, -0.15) is 0 Å². The SMILES string of the molecule is C=C/C=C(N)\C(=C/C)N=C. The highest BCUT2D eigenvalue weighted by molar-refractivity contribution is 5.37. The van der Waals surface area contributed by atoms with Gasteiger partial charge in [0.25, 0.3) is 0 Å². The topological polar surface area (TPSA) is 38.4 Å². The number of aliphatic imine (C=N–C) groups is 1. The van der Waals surface area contributed by atoms with Crippen molar-refractivity contribution in [3.05, 3.63) is 36.2 Å². The average molecular weight is 136 g/mol. The summed E-state index contributed by atoms with van der Waals surface area (Å²) < 4.78 is 0. The second-order valence-electron chi connectivity index (χ2n) is 1.69. The van der Waals surface area contributed by atoms with Crippen LogP contribution in [-0.2, 0) is 0 Å². The van der Waals surface area contributed by atoms with Gasteiger partial charge in [0.1, 0.15) is 0 Å². The number of hydrogen-bond donors (Lipinski definition) is 1. The number of allylic oxidation sites excluding steroid dienone is 3. The summed E-state index contributed by atoms with van der Waals surface area (Å²) in [4.78, 5) is 3.70. The summed E-state index contributed by atoms with van der Waals surface area (Å²) >= 11 is 0. The molecule has 10 heavy (non-hydrogen) atoms. The number of hydrogen-bond acceptors (Lipinski definition) is 2. The van der Waals surface area contributed by atoms with Crippen LogP contribution in [0, 0.1) is 0 Å². The van der Waals surface area contributed by atoms with Gasteiger partial charge in [-0.25, -0.2) is 0 Å². The van der Waals surface area contributed by atoms with E-state index in [-0.39, 0.29) is 0 Å². The first-order valence-corrected chi connectivity index (χ1v) is 2.97. The van der Waals surface area contributed by atoms with E-state index in [4.69, 9.17) is 5.73 Å². The van der Waals surface area contributed by atoms with E-state index in [1.807, 2.05) is 6.92 Å². The van der Waals surface area contributed by atoms with Crippen molar-refractivity contribution in [1.29, 1.82) is 0 Å². The Morgan fingerprint density at radius 1 is 1.60 bits per heavy atom. The minimum atomic E-state index is 0.590. The molecular formula is C8H12N2. The summed E-state index contributed by atoms with van der Waals surface area (Å²) in [6, 6.07) is 0. The van der Waals surface area contributed by atoms with Crippen molar-refractivity contribution in [3.63, 3.8) is 0 Å². The first-order valence-electron chi connectivity index (χ1n) is 2.97. The first kappa shape index (κ1) is 8.69. The zero-order valence-electron chi connectivity index (χ0n) is 6.17. The predicted octanol–water partition coefficient (Wildman–Crippen LogP) is 1.62. The van der Waals surface area contributed by atoms with Crippen LogP contribution in [0.2, 0.25) is 0 Å². The molecule has 0 saturated heterocycles. The molecular weight excluding hydrogens is 124 g/mol. The van der Waals surface area contributed by atoms with E-state index in [0.29, 0.717) is 11.4 Å². The number of nitrogens with two attached hydrogens (primary N) is 1. The van der Waals surface area contributed by atoms with Crippen molar-refractivity contribution < 1.29 is 0 Å². The molecule has 0 spiro atoms. The van der Waals surface area contributed by atoms with Crippen LogP contribution in [0.3, 0.4) is 0 Å². The van der Waals surface area contributed by atoms with Gasteiger partial charge in [-0.1, -0.05) is 18.7 Å². The lowest BCUT2D eigenvalue weighted by Gasteiger charge is -1.96. The highest BCUT2D eigenvalue weighted by atomic mass is 14.8. The Bertz CT molecular complexity index is 187. The highest BCUT2D eigenvalue weighted by Gasteiger charge is 1.91. The molecule has 0 radical (unpaired) electrons. The van der Waals surface area contributed by atoms with E-state index in [2.05, 4.69) is 18.3 Å². The molecule has 0 rings (SSSR count). The van der Waals surface area contributed by atoms with Gasteiger partial charge in [0.05, 0.1) is 11.4 Å². The van der Waals surface area contributed by atoms with Crippen molar-refractivity contribution in [2.24, 2.45) is 10.7 Å². The Balaban J connectivity index is 4.45. The Kier molecular flexibility index (Phi) is 3.96. The van der Waals surface area contributed by atoms with E-state index in [1.54, 1.807) is 18.2 Å². The molecule has 2 heteroatoms. The lowest BCUT2D eigenvalue weighted by atomic mass is 10.3. The summed E-state index contributed by atoms with van der Waals surface area (Å²) in [5.74, 6) is 0. The lowest BCUT2D eigenvalue weighted by Crippen LogP contribution is -1.97. The molecule has 2 nitrogen and oxygen atoms in total. The molecule has 0 amide bonds. The fourth-order valence-electron chi connectivity index (χ4n) is 0.562. The van der Waals surface area contributed by atoms with Crippen LogP contribution in [-0.4, -0.2) is 6.72 Å². The van der Waals surface area contributed by atoms with Gasteiger partial charge in [0, 0.05) is 0 Å². The second kappa shape index (κ2) is 4.56. The van der Waals surface area contributed by atoms with Crippen molar-refractivity contribution in [1.82, 2.24) is 0 Å². The van der Waals surface area contributed by atoms with Crippen molar-refractivity contribution in [3.8, 4) is 0 Å². The van der Waals surface area contributed by atoms with Crippen molar-refractivity contribution in [2.45, 2.75) is 6.92 Å². The van der Waals surface area contributed by atoms with Gasteiger partial charge in [0.15, 0.2) is 0 Å². The third-order valence-electron chi connectivity index (χ3n) is 1.04. The highest BCUT2D eigenvalue weighted by Crippen LogP contribution is 2.03. The van der Waals surface area contributed by atoms with Crippen LogP contribution in [0.15, 0.2) is 41.2 Å². The van der Waals surface area contributed by atoms with Crippen LogP contribution in [0.25, 0.3) is 0 Å². The third kappa shape index (κ3) is 2.31. The summed E-state index contributed by atoms with van der Waals surface area (Å²) in [6.07, 6.45) is 5.09. The largest absolute Gasteiger partial charge is 0.397 e. The summed E-state index contributed by atoms with van der Waals surface area (Å²) in [6.45, 7) is 8.72. The first-order chi connectivity index (χ1) is 4.76. The fraction of sp³-hybridized carbons (Fsp3) is 0.125. The van der Waals surface area contributed by atoms with Gasteiger partial charge >= 0.3 is 0 Å². The van der Waals surface area contributed by atoms with Crippen LogP contribution in [0.1, 0.15) is 6.92 Å². The van der Waals surface area contributed by atoms with Gasteiger partial charge in [-0.3, -0.25) is 4.99 Å². The predicted molar refractivity (Wildman–Crippen MR) is 45.8 cm³/mol. The van der Waals surface area contributed by atoms with Crippen LogP contribution in [0.5, 0.6) is 0 Å². The maximum atomic E-state index is 5.54. The molecule has 54 valence electrons. The van der Waals surface area contributed by atoms with Crippen LogP contribution in [0.4, 0.5) is 0 Å². The Labute approximate surface area is 61.5 Å². The summed E-state index contributed by atoms with van der Waals surface area (Å²) in [5, 5.41) is 0. The Morgan fingerprint density at radius 2 is 2.20 bits per heavy atom. The van der Waals surface area contributed by atoms with Crippen LogP contribution >= 0.6 is 0 Å². The molecule has 0 atom stereocenters. The Hall–Kier alpha value is -1.31. The van der Waals surface area contributed by atoms with E-state index >= 15 is 0 Å². The van der Waals surface area contributed by atoms with E-state index in [1.165, 1.54) is 0 Å². The molecule has 0 saturated carbocycles. The zero-order valence-corrected chi connectivity index (χ0v) is 6.17. The maximum Gasteiger partial charge on any atom is 0.0809 e.